The first kappa shape index (κ1) is 17.8. The molecule has 2 heterocycles. The van der Waals surface area contributed by atoms with Gasteiger partial charge in [-0.3, -0.25) is 14.3 Å². The van der Waals surface area contributed by atoms with Crippen molar-refractivity contribution in [3.8, 4) is 0 Å². The third-order valence-electron chi connectivity index (χ3n) is 4.07. The molecule has 0 bridgehead atoms. The standard InChI is InChI=1S/C16H23N5O3/c1-10(21-12(3)16(13(4)22)11(2)18-21)8-15(23)20(5)7-6-14-17-9-24-19-14/h9-10H,6-8H2,1-5H3/t10-/m1/s1. The van der Waals surface area contributed by atoms with Gasteiger partial charge in [-0.2, -0.15) is 10.1 Å². The third-order valence-corrected chi connectivity index (χ3v) is 4.07. The van der Waals surface area contributed by atoms with E-state index in [2.05, 4.69) is 19.8 Å². The Balaban J connectivity index is 1.98. The zero-order valence-corrected chi connectivity index (χ0v) is 14.7. The van der Waals surface area contributed by atoms with Crippen molar-refractivity contribution >= 4 is 11.7 Å². The van der Waals surface area contributed by atoms with E-state index >= 15 is 0 Å². The van der Waals surface area contributed by atoms with Gasteiger partial charge in [0.15, 0.2) is 11.6 Å². The van der Waals surface area contributed by atoms with Crippen LogP contribution in [0.1, 0.15) is 53.9 Å². The van der Waals surface area contributed by atoms with Gasteiger partial charge in [-0.05, 0) is 27.7 Å². The maximum atomic E-state index is 12.4. The Morgan fingerprint density at radius 3 is 2.62 bits per heavy atom. The van der Waals surface area contributed by atoms with Crippen molar-refractivity contribution in [2.24, 2.45) is 0 Å². The van der Waals surface area contributed by atoms with Gasteiger partial charge < -0.3 is 9.42 Å². The van der Waals surface area contributed by atoms with E-state index in [-0.39, 0.29) is 17.7 Å². The summed E-state index contributed by atoms with van der Waals surface area (Å²) in [5, 5.41) is 8.15. The molecule has 0 unspecified atom stereocenters. The lowest BCUT2D eigenvalue weighted by atomic mass is 10.1. The van der Waals surface area contributed by atoms with Crippen molar-refractivity contribution in [2.45, 2.75) is 46.6 Å². The van der Waals surface area contributed by atoms with Crippen LogP contribution in [0, 0.1) is 13.8 Å². The van der Waals surface area contributed by atoms with E-state index in [0.29, 0.717) is 36.5 Å². The Labute approximate surface area is 140 Å². The van der Waals surface area contributed by atoms with Gasteiger partial charge in [-0.1, -0.05) is 5.16 Å². The van der Waals surface area contributed by atoms with Gasteiger partial charge in [-0.25, -0.2) is 0 Å². The van der Waals surface area contributed by atoms with Crippen molar-refractivity contribution in [2.75, 3.05) is 13.6 Å². The van der Waals surface area contributed by atoms with Crippen LogP contribution >= 0.6 is 0 Å². The summed E-state index contributed by atoms with van der Waals surface area (Å²) in [6, 6.07) is -0.128. The molecule has 8 nitrogen and oxygen atoms in total. The van der Waals surface area contributed by atoms with E-state index in [1.807, 2.05) is 20.8 Å². The van der Waals surface area contributed by atoms with Gasteiger partial charge in [0.1, 0.15) is 0 Å². The molecule has 0 radical (unpaired) electrons. The molecular formula is C16H23N5O3. The summed E-state index contributed by atoms with van der Waals surface area (Å²) in [5.74, 6) is 0.572. The fourth-order valence-corrected chi connectivity index (χ4v) is 2.79. The molecule has 0 spiro atoms. The number of amides is 1. The van der Waals surface area contributed by atoms with E-state index < -0.39 is 0 Å². The van der Waals surface area contributed by atoms with E-state index in [4.69, 9.17) is 0 Å². The van der Waals surface area contributed by atoms with Crippen molar-refractivity contribution < 1.29 is 14.1 Å². The number of Topliss-reactive ketones (excluding diaryl/α,β-unsaturated/α-hetero) is 1. The topological polar surface area (TPSA) is 94.1 Å². The quantitative estimate of drug-likeness (QED) is 0.716. The molecule has 0 aliphatic heterocycles. The summed E-state index contributed by atoms with van der Waals surface area (Å²) in [6.45, 7) is 7.64. The minimum atomic E-state index is -0.128. The monoisotopic (exact) mass is 333 g/mol. The molecule has 0 N–H and O–H groups in total. The zero-order valence-electron chi connectivity index (χ0n) is 14.7. The first-order valence-electron chi connectivity index (χ1n) is 7.87. The van der Waals surface area contributed by atoms with Crippen LogP contribution in [0.25, 0.3) is 0 Å². The lowest BCUT2D eigenvalue weighted by molar-refractivity contribution is -0.130. The van der Waals surface area contributed by atoms with E-state index in [1.165, 1.54) is 13.3 Å². The number of aromatic nitrogens is 4. The number of aryl methyl sites for hydroxylation is 1. The Morgan fingerprint density at radius 2 is 2.08 bits per heavy atom. The summed E-state index contributed by atoms with van der Waals surface area (Å²) in [4.78, 5) is 29.7. The molecule has 1 atom stereocenters. The number of likely N-dealkylation sites (N-methyl/N-ethyl adjacent to an activating group) is 1. The predicted molar refractivity (Wildman–Crippen MR) is 86.7 cm³/mol. The van der Waals surface area contributed by atoms with Gasteiger partial charge in [-0.15, -0.1) is 0 Å². The van der Waals surface area contributed by atoms with Gasteiger partial charge in [0.05, 0.1) is 17.3 Å². The second kappa shape index (κ2) is 7.37. The van der Waals surface area contributed by atoms with Crippen LogP contribution in [-0.2, 0) is 11.2 Å². The van der Waals surface area contributed by atoms with Crippen LogP contribution in [0.5, 0.6) is 0 Å². The molecule has 130 valence electrons. The summed E-state index contributed by atoms with van der Waals surface area (Å²) in [6.07, 6.45) is 2.12. The first-order valence-corrected chi connectivity index (χ1v) is 7.87. The molecule has 0 aliphatic rings. The Hall–Kier alpha value is -2.51. The molecule has 0 saturated heterocycles. The smallest absolute Gasteiger partial charge is 0.224 e. The zero-order chi connectivity index (χ0) is 17.9. The van der Waals surface area contributed by atoms with Crippen molar-refractivity contribution in [3.05, 3.63) is 29.2 Å². The summed E-state index contributed by atoms with van der Waals surface area (Å²) in [7, 11) is 1.75. The number of rotatable bonds is 7. The highest BCUT2D eigenvalue weighted by Gasteiger charge is 2.21. The molecule has 0 saturated carbocycles. The van der Waals surface area contributed by atoms with E-state index in [0.717, 1.165) is 5.69 Å². The first-order chi connectivity index (χ1) is 11.3. The van der Waals surface area contributed by atoms with Crippen LogP contribution in [0.4, 0.5) is 0 Å². The summed E-state index contributed by atoms with van der Waals surface area (Å²) < 4.78 is 6.43. The molecule has 0 fully saturated rings. The van der Waals surface area contributed by atoms with E-state index in [9.17, 15) is 9.59 Å². The molecular weight excluding hydrogens is 310 g/mol. The fourth-order valence-electron chi connectivity index (χ4n) is 2.79. The number of hydrogen-bond acceptors (Lipinski definition) is 6. The predicted octanol–water partition coefficient (Wildman–Crippen LogP) is 1.74. The van der Waals surface area contributed by atoms with Crippen LogP contribution in [0.3, 0.4) is 0 Å². The Bertz CT molecular complexity index is 720. The van der Waals surface area contributed by atoms with Crippen molar-refractivity contribution in [1.29, 1.82) is 0 Å². The van der Waals surface area contributed by atoms with Gasteiger partial charge >= 0.3 is 0 Å². The minimum Gasteiger partial charge on any atom is -0.345 e. The molecule has 0 aliphatic carbocycles. The van der Waals surface area contributed by atoms with Crippen LogP contribution in [-0.4, -0.2) is 50.1 Å². The van der Waals surface area contributed by atoms with Crippen LogP contribution in [0.15, 0.2) is 10.9 Å². The number of hydrogen-bond donors (Lipinski definition) is 0. The Morgan fingerprint density at radius 1 is 1.38 bits per heavy atom. The second-order valence-corrected chi connectivity index (χ2v) is 6.01. The van der Waals surface area contributed by atoms with Gasteiger partial charge in [0.2, 0.25) is 12.3 Å². The number of nitrogens with zero attached hydrogens (tertiary/aromatic N) is 5. The van der Waals surface area contributed by atoms with Crippen molar-refractivity contribution in [1.82, 2.24) is 24.8 Å². The second-order valence-electron chi connectivity index (χ2n) is 6.01. The van der Waals surface area contributed by atoms with E-state index in [1.54, 1.807) is 16.6 Å². The summed E-state index contributed by atoms with van der Waals surface area (Å²) >= 11 is 0. The number of carbonyl (C=O) groups is 2. The van der Waals surface area contributed by atoms with Crippen LogP contribution in [0.2, 0.25) is 0 Å². The molecule has 24 heavy (non-hydrogen) atoms. The number of carbonyl (C=O) groups excluding carboxylic acids is 2. The fraction of sp³-hybridized carbons (Fsp3) is 0.562. The largest absolute Gasteiger partial charge is 0.345 e. The molecule has 8 heteroatoms. The third kappa shape index (κ3) is 3.87. The van der Waals surface area contributed by atoms with Gasteiger partial charge in [0, 0.05) is 32.1 Å². The maximum absolute atomic E-state index is 12.4. The van der Waals surface area contributed by atoms with Gasteiger partial charge in [0.25, 0.3) is 0 Å². The molecule has 1 amide bonds. The maximum Gasteiger partial charge on any atom is 0.224 e. The average Bonchev–Trinajstić information content (AvgIpc) is 3.12. The highest BCUT2D eigenvalue weighted by atomic mass is 16.5. The van der Waals surface area contributed by atoms with Crippen LogP contribution < -0.4 is 0 Å². The SMILES string of the molecule is CC(=O)c1c(C)nn([C@H](C)CC(=O)N(C)CCc2ncon2)c1C. The molecule has 2 aromatic rings. The lowest BCUT2D eigenvalue weighted by Gasteiger charge is -2.20. The molecule has 2 rings (SSSR count). The molecule has 2 aromatic heterocycles. The highest BCUT2D eigenvalue weighted by Crippen LogP contribution is 2.20. The number of ketones is 1. The lowest BCUT2D eigenvalue weighted by Crippen LogP contribution is -2.31. The summed E-state index contributed by atoms with van der Waals surface area (Å²) in [5.41, 5.74) is 2.14. The minimum absolute atomic E-state index is 0.00271. The highest BCUT2D eigenvalue weighted by molar-refractivity contribution is 5.96. The molecule has 0 aromatic carbocycles. The average molecular weight is 333 g/mol. The van der Waals surface area contributed by atoms with Crippen molar-refractivity contribution in [3.63, 3.8) is 0 Å². The Kier molecular flexibility index (Phi) is 5.48. The normalized spacial score (nSPS) is 12.2.